The summed E-state index contributed by atoms with van der Waals surface area (Å²) in [6.07, 6.45) is 0. The molecule has 0 unspecified atom stereocenters. The zero-order valence-corrected chi connectivity index (χ0v) is 23.1. The fraction of sp³-hybridized carbons (Fsp3) is 0.310. The molecule has 8 nitrogen and oxygen atoms in total. The number of rotatable bonds is 5. The second-order valence-corrected chi connectivity index (χ2v) is 10.7. The van der Waals surface area contributed by atoms with Crippen LogP contribution in [-0.4, -0.2) is 43.4 Å². The molecule has 2 aliphatic rings. The highest BCUT2D eigenvalue weighted by molar-refractivity contribution is 6.61. The molecule has 1 saturated heterocycles. The molecular weight excluding hydrogens is 536 g/mol. The minimum absolute atomic E-state index is 0.0632. The number of aromatic nitrogens is 1. The number of nitrogens with one attached hydrogen (secondary N) is 1. The number of ether oxygens (including phenoxy) is 1. The van der Waals surface area contributed by atoms with E-state index in [0.29, 0.717) is 71.2 Å². The van der Waals surface area contributed by atoms with Crippen molar-refractivity contribution in [1.29, 1.82) is 0 Å². The van der Waals surface area contributed by atoms with Crippen molar-refractivity contribution in [3.63, 3.8) is 0 Å². The number of halogens is 2. The molecule has 4 aromatic rings. The molecule has 2 aliphatic heterocycles. The number of benzene rings is 2. The summed E-state index contributed by atoms with van der Waals surface area (Å²) in [5, 5.41) is 14.2. The van der Waals surface area contributed by atoms with Crippen LogP contribution >= 0.6 is 11.6 Å². The van der Waals surface area contributed by atoms with E-state index in [1.54, 1.807) is 25.1 Å². The highest BCUT2D eigenvalue weighted by Crippen LogP contribution is 2.35. The Morgan fingerprint density at radius 3 is 2.73 bits per heavy atom. The molecule has 2 N–H and O–H groups in total. The van der Waals surface area contributed by atoms with Gasteiger partial charge in [0.15, 0.2) is 5.43 Å². The van der Waals surface area contributed by atoms with Crippen molar-refractivity contribution in [3.8, 4) is 11.3 Å². The van der Waals surface area contributed by atoms with Crippen molar-refractivity contribution in [3.05, 3.63) is 79.8 Å². The maximum atomic E-state index is 15.0. The van der Waals surface area contributed by atoms with Crippen LogP contribution in [0.25, 0.3) is 22.2 Å². The Kier molecular flexibility index (Phi) is 7.04. The number of fused-ring (bicyclic) bond motifs is 2. The van der Waals surface area contributed by atoms with Gasteiger partial charge in [-0.15, -0.1) is 0 Å². The van der Waals surface area contributed by atoms with Crippen molar-refractivity contribution >= 4 is 46.7 Å². The predicted octanol–water partition coefficient (Wildman–Crippen LogP) is 4.49. The summed E-state index contributed by atoms with van der Waals surface area (Å²) in [5.74, 6) is -0.0132. The molecule has 2 aromatic heterocycles. The Balaban J connectivity index is 1.43. The minimum atomic E-state index is -1.29. The number of aryl methyl sites for hydroxylation is 1. The first-order valence-corrected chi connectivity index (χ1v) is 13.5. The third kappa shape index (κ3) is 4.75. The van der Waals surface area contributed by atoms with Gasteiger partial charge in [0.2, 0.25) is 5.88 Å². The molecule has 6 rings (SSSR count). The van der Waals surface area contributed by atoms with Crippen molar-refractivity contribution in [2.45, 2.75) is 33.4 Å². The lowest BCUT2D eigenvalue weighted by Crippen LogP contribution is -2.37. The second kappa shape index (κ2) is 10.5. The van der Waals surface area contributed by atoms with Crippen molar-refractivity contribution in [1.82, 2.24) is 4.98 Å². The molecule has 206 valence electrons. The molecular formula is C29H28BClFN3O5. The molecule has 0 radical (unpaired) electrons. The maximum Gasteiger partial charge on any atom is 0.494 e. The first kappa shape index (κ1) is 26.8. The first-order chi connectivity index (χ1) is 19.2. The number of pyridine rings is 1. The highest BCUT2D eigenvalue weighted by Gasteiger charge is 2.32. The Labute approximate surface area is 235 Å². The van der Waals surface area contributed by atoms with Crippen LogP contribution in [0, 0.1) is 19.7 Å². The Morgan fingerprint density at radius 2 is 1.95 bits per heavy atom. The van der Waals surface area contributed by atoms with Gasteiger partial charge in [0.1, 0.15) is 16.6 Å². The van der Waals surface area contributed by atoms with Crippen LogP contribution in [0.4, 0.5) is 16.0 Å². The zero-order chi connectivity index (χ0) is 28.1. The van der Waals surface area contributed by atoms with E-state index in [4.69, 9.17) is 25.4 Å². The molecule has 1 fully saturated rings. The quantitative estimate of drug-likeness (QED) is 0.271. The standard InChI is InChI=1S/C29H28BClFN3O5/c1-15-10-20(28-21(11-15)27(36)16(2)29(40-28)35-6-8-38-9-7-35)17(3)33-23-4-5-24(31)34-26(23)18-12-19-14-39-30(37)25(19)22(32)13-18/h4-5,10-13,17,33,37H,6-9,14H2,1-3H3/t17-/m1/s1. The SMILES string of the molecule is Cc1cc([C@@H](C)Nc2ccc(Cl)nc2-c2cc(F)c3c(c2)COB3O)c2oc(N3CCOCC3)c(C)c(=O)c2c1. The van der Waals surface area contributed by atoms with Gasteiger partial charge in [-0.3, -0.25) is 4.79 Å². The van der Waals surface area contributed by atoms with Gasteiger partial charge in [-0.05, 0) is 62.2 Å². The van der Waals surface area contributed by atoms with E-state index in [1.165, 1.54) is 6.07 Å². The average Bonchev–Trinajstić information content (AvgIpc) is 3.32. The van der Waals surface area contributed by atoms with Crippen LogP contribution in [-0.2, 0) is 16.0 Å². The summed E-state index contributed by atoms with van der Waals surface area (Å²) in [6, 6.07) is 10.0. The Hall–Kier alpha value is -3.44. The molecule has 40 heavy (non-hydrogen) atoms. The highest BCUT2D eigenvalue weighted by atomic mass is 35.5. The lowest BCUT2D eigenvalue weighted by molar-refractivity contribution is 0.120. The van der Waals surface area contributed by atoms with E-state index < -0.39 is 12.9 Å². The molecule has 0 amide bonds. The van der Waals surface area contributed by atoms with Crippen molar-refractivity contribution < 1.29 is 23.2 Å². The molecule has 0 aliphatic carbocycles. The molecule has 0 saturated carbocycles. The summed E-state index contributed by atoms with van der Waals surface area (Å²) in [5.41, 5.74) is 5.02. The van der Waals surface area contributed by atoms with Crippen LogP contribution < -0.4 is 21.1 Å². The van der Waals surface area contributed by atoms with E-state index in [1.807, 2.05) is 30.9 Å². The number of morpholine rings is 1. The third-order valence-corrected chi connectivity index (χ3v) is 7.71. The van der Waals surface area contributed by atoms with Gasteiger partial charge >= 0.3 is 7.12 Å². The van der Waals surface area contributed by atoms with E-state index in [0.717, 1.165) is 11.1 Å². The minimum Gasteiger partial charge on any atom is -0.440 e. The van der Waals surface area contributed by atoms with E-state index in [2.05, 4.69) is 10.3 Å². The predicted molar refractivity (Wildman–Crippen MR) is 154 cm³/mol. The van der Waals surface area contributed by atoms with Gasteiger partial charge in [0, 0.05) is 29.7 Å². The van der Waals surface area contributed by atoms with Crippen LogP contribution in [0.5, 0.6) is 0 Å². The van der Waals surface area contributed by atoms with E-state index in [9.17, 15) is 14.2 Å². The smallest absolute Gasteiger partial charge is 0.440 e. The van der Waals surface area contributed by atoms with Crippen molar-refractivity contribution in [2.75, 3.05) is 36.5 Å². The van der Waals surface area contributed by atoms with Crippen LogP contribution in [0.15, 0.2) is 45.6 Å². The molecule has 4 heterocycles. The van der Waals surface area contributed by atoms with Crippen LogP contribution in [0.2, 0.25) is 5.15 Å². The van der Waals surface area contributed by atoms with Crippen molar-refractivity contribution in [2.24, 2.45) is 0 Å². The van der Waals surface area contributed by atoms with Crippen LogP contribution in [0.1, 0.15) is 35.2 Å². The first-order valence-electron chi connectivity index (χ1n) is 13.2. The zero-order valence-electron chi connectivity index (χ0n) is 22.4. The normalized spacial score (nSPS) is 15.9. The maximum absolute atomic E-state index is 15.0. The lowest BCUT2D eigenvalue weighted by Gasteiger charge is -2.29. The van der Waals surface area contributed by atoms with Gasteiger partial charge in [-0.1, -0.05) is 17.7 Å². The molecule has 2 aromatic carbocycles. The Morgan fingerprint density at radius 1 is 1.18 bits per heavy atom. The fourth-order valence-corrected chi connectivity index (χ4v) is 5.64. The average molecular weight is 564 g/mol. The largest absolute Gasteiger partial charge is 0.494 e. The monoisotopic (exact) mass is 563 g/mol. The summed E-state index contributed by atoms with van der Waals surface area (Å²) in [6.45, 7) is 8.23. The van der Waals surface area contributed by atoms with E-state index in [-0.39, 0.29) is 28.7 Å². The number of nitrogens with zero attached hydrogens (tertiary/aromatic N) is 2. The number of hydrogen-bond donors (Lipinski definition) is 2. The number of hydrogen-bond acceptors (Lipinski definition) is 8. The summed E-state index contributed by atoms with van der Waals surface area (Å²) >= 11 is 6.26. The fourth-order valence-electron chi connectivity index (χ4n) is 5.49. The molecule has 0 spiro atoms. The second-order valence-electron chi connectivity index (χ2n) is 10.3. The molecule has 1 atom stereocenters. The topological polar surface area (TPSA) is 97.1 Å². The Bertz CT molecular complexity index is 1690. The van der Waals surface area contributed by atoms with Gasteiger partial charge in [0.05, 0.1) is 48.2 Å². The van der Waals surface area contributed by atoms with Crippen LogP contribution in [0.3, 0.4) is 0 Å². The molecule has 0 bridgehead atoms. The van der Waals surface area contributed by atoms with Gasteiger partial charge in [0.25, 0.3) is 0 Å². The third-order valence-electron chi connectivity index (χ3n) is 7.50. The van der Waals surface area contributed by atoms with Gasteiger partial charge < -0.3 is 29.0 Å². The summed E-state index contributed by atoms with van der Waals surface area (Å²) < 4.78 is 32.1. The lowest BCUT2D eigenvalue weighted by atomic mass is 9.78. The summed E-state index contributed by atoms with van der Waals surface area (Å²) in [7, 11) is -1.29. The van der Waals surface area contributed by atoms with Gasteiger partial charge in [-0.25, -0.2) is 9.37 Å². The number of anilines is 2. The van der Waals surface area contributed by atoms with E-state index >= 15 is 0 Å². The van der Waals surface area contributed by atoms with Gasteiger partial charge in [-0.2, -0.15) is 0 Å². The summed E-state index contributed by atoms with van der Waals surface area (Å²) in [4.78, 5) is 20.0. The molecule has 11 heteroatoms.